The van der Waals surface area contributed by atoms with E-state index in [0.717, 1.165) is 24.8 Å². The van der Waals surface area contributed by atoms with Gasteiger partial charge in [0.05, 0.1) is 11.1 Å². The van der Waals surface area contributed by atoms with Gasteiger partial charge in [0.2, 0.25) is 0 Å². The van der Waals surface area contributed by atoms with Crippen molar-refractivity contribution in [3.05, 3.63) is 51.6 Å². The van der Waals surface area contributed by atoms with Crippen molar-refractivity contribution in [1.29, 1.82) is 0 Å². The molecule has 6 nitrogen and oxygen atoms in total. The van der Waals surface area contributed by atoms with Crippen molar-refractivity contribution >= 4 is 17.8 Å². The molecule has 2 rings (SSSR count). The number of carbonyl (C=O) groups is 1. The highest BCUT2D eigenvalue weighted by Gasteiger charge is 2.08. The van der Waals surface area contributed by atoms with Gasteiger partial charge in [0.25, 0.3) is 11.6 Å². The second-order valence-corrected chi connectivity index (χ2v) is 4.53. The Bertz CT molecular complexity index is 562. The molecule has 0 spiro atoms. The van der Waals surface area contributed by atoms with Crippen molar-refractivity contribution in [2.75, 3.05) is 0 Å². The Morgan fingerprint density at radius 1 is 1.30 bits per heavy atom. The van der Waals surface area contributed by atoms with Crippen LogP contribution in [0.2, 0.25) is 0 Å². The van der Waals surface area contributed by atoms with Gasteiger partial charge in [0.1, 0.15) is 0 Å². The smallest absolute Gasteiger partial charge is 0.267 e. The normalized spacial score (nSPS) is 14.9. The summed E-state index contributed by atoms with van der Waals surface area (Å²) < 4.78 is 0. The zero-order valence-corrected chi connectivity index (χ0v) is 10.9. The summed E-state index contributed by atoms with van der Waals surface area (Å²) in [6.45, 7) is 0. The third kappa shape index (κ3) is 3.74. The summed E-state index contributed by atoms with van der Waals surface area (Å²) in [5.41, 5.74) is 3.83. The van der Waals surface area contributed by atoms with Gasteiger partial charge in [-0.25, -0.2) is 5.43 Å². The lowest BCUT2D eigenvalue weighted by atomic mass is 10.0. The van der Waals surface area contributed by atoms with E-state index in [-0.39, 0.29) is 11.6 Å². The van der Waals surface area contributed by atoms with E-state index in [1.807, 2.05) is 0 Å². The molecule has 0 unspecified atom stereocenters. The number of amides is 1. The number of rotatable bonds is 4. The van der Waals surface area contributed by atoms with Gasteiger partial charge >= 0.3 is 0 Å². The predicted octanol–water partition coefficient (Wildman–Crippen LogP) is 2.81. The highest BCUT2D eigenvalue weighted by Crippen LogP contribution is 2.15. The molecule has 0 heterocycles. The summed E-state index contributed by atoms with van der Waals surface area (Å²) in [5.74, 6) is -0.382. The van der Waals surface area contributed by atoms with Crippen molar-refractivity contribution in [3.8, 4) is 0 Å². The van der Waals surface area contributed by atoms with Crippen molar-refractivity contribution in [2.24, 2.45) is 5.10 Å². The number of hydrogen-bond acceptors (Lipinski definition) is 4. The molecule has 1 N–H and O–H groups in total. The standard InChI is InChI=1S/C14H15N3O3/c18-14(12-6-8-13(9-7-12)17(19)20)16-15-10-11-4-2-1-3-5-11/h4,6-10H,1-3,5H2,(H,16,18)/b15-10+. The Labute approximate surface area is 116 Å². The summed E-state index contributed by atoms with van der Waals surface area (Å²) >= 11 is 0. The molecule has 0 saturated carbocycles. The maximum Gasteiger partial charge on any atom is 0.271 e. The van der Waals surface area contributed by atoms with Gasteiger partial charge in [0.15, 0.2) is 0 Å². The van der Waals surface area contributed by atoms with E-state index in [1.54, 1.807) is 6.21 Å². The lowest BCUT2D eigenvalue weighted by Crippen LogP contribution is -2.17. The van der Waals surface area contributed by atoms with Crippen LogP contribution in [0.1, 0.15) is 36.0 Å². The summed E-state index contributed by atoms with van der Waals surface area (Å²) in [7, 11) is 0. The van der Waals surface area contributed by atoms with E-state index in [0.29, 0.717) is 5.56 Å². The number of hydrazone groups is 1. The molecule has 1 aliphatic rings. The van der Waals surface area contributed by atoms with E-state index in [9.17, 15) is 14.9 Å². The molecule has 104 valence electrons. The zero-order valence-electron chi connectivity index (χ0n) is 10.9. The molecule has 0 radical (unpaired) electrons. The quantitative estimate of drug-likeness (QED) is 0.520. The number of allylic oxidation sites excluding steroid dienone is 2. The second-order valence-electron chi connectivity index (χ2n) is 4.53. The predicted molar refractivity (Wildman–Crippen MR) is 75.6 cm³/mol. The van der Waals surface area contributed by atoms with Gasteiger partial charge in [-0.1, -0.05) is 6.08 Å². The lowest BCUT2D eigenvalue weighted by Gasteiger charge is -2.07. The highest BCUT2D eigenvalue weighted by atomic mass is 16.6. The first kappa shape index (κ1) is 13.9. The molecule has 1 aliphatic carbocycles. The number of hydrogen-bond donors (Lipinski definition) is 1. The Kier molecular flexibility index (Phi) is 4.60. The highest BCUT2D eigenvalue weighted by molar-refractivity contribution is 5.95. The number of nitro benzene ring substituents is 1. The molecule has 0 atom stereocenters. The van der Waals surface area contributed by atoms with Crippen LogP contribution in [-0.2, 0) is 0 Å². The summed E-state index contributed by atoms with van der Waals surface area (Å²) in [5, 5.41) is 14.4. The minimum Gasteiger partial charge on any atom is -0.267 e. The van der Waals surface area contributed by atoms with Crippen molar-refractivity contribution in [1.82, 2.24) is 5.43 Å². The molecule has 0 saturated heterocycles. The van der Waals surface area contributed by atoms with Gasteiger partial charge in [-0.2, -0.15) is 5.10 Å². The van der Waals surface area contributed by atoms with Crippen LogP contribution in [0.15, 0.2) is 41.0 Å². The van der Waals surface area contributed by atoms with Crippen molar-refractivity contribution in [2.45, 2.75) is 25.7 Å². The average Bonchev–Trinajstić information content (AvgIpc) is 2.48. The van der Waals surface area contributed by atoms with Crippen LogP contribution in [0.4, 0.5) is 5.69 Å². The molecule has 0 fully saturated rings. The second kappa shape index (κ2) is 6.60. The van der Waals surface area contributed by atoms with Gasteiger partial charge < -0.3 is 0 Å². The van der Waals surface area contributed by atoms with E-state index >= 15 is 0 Å². The molecule has 6 heteroatoms. The third-order valence-corrected chi connectivity index (χ3v) is 3.06. The molecule has 1 amide bonds. The van der Waals surface area contributed by atoms with E-state index < -0.39 is 4.92 Å². The Morgan fingerprint density at radius 2 is 2.05 bits per heavy atom. The topological polar surface area (TPSA) is 84.6 Å². The minimum atomic E-state index is -0.505. The van der Waals surface area contributed by atoms with Crippen LogP contribution in [0.25, 0.3) is 0 Å². The first-order valence-corrected chi connectivity index (χ1v) is 6.44. The lowest BCUT2D eigenvalue weighted by molar-refractivity contribution is -0.384. The van der Waals surface area contributed by atoms with Gasteiger partial charge in [-0.3, -0.25) is 14.9 Å². The van der Waals surface area contributed by atoms with Crippen LogP contribution >= 0.6 is 0 Å². The summed E-state index contributed by atoms with van der Waals surface area (Å²) in [4.78, 5) is 21.8. The van der Waals surface area contributed by atoms with Crippen molar-refractivity contribution in [3.63, 3.8) is 0 Å². The monoisotopic (exact) mass is 273 g/mol. The SMILES string of the molecule is O=C(N/N=C/C1=CCCCC1)c1ccc([N+](=O)[O-])cc1. The Hall–Kier alpha value is -2.50. The Balaban J connectivity index is 1.92. The zero-order chi connectivity index (χ0) is 14.4. The van der Waals surface area contributed by atoms with Gasteiger partial charge in [-0.15, -0.1) is 0 Å². The molecule has 1 aromatic rings. The van der Waals surface area contributed by atoms with Gasteiger partial charge in [-0.05, 0) is 43.4 Å². The minimum absolute atomic E-state index is 0.0441. The first-order valence-electron chi connectivity index (χ1n) is 6.44. The third-order valence-electron chi connectivity index (χ3n) is 3.06. The summed E-state index contributed by atoms with van der Waals surface area (Å²) in [6.07, 6.45) is 8.16. The first-order chi connectivity index (χ1) is 9.66. The fourth-order valence-corrected chi connectivity index (χ4v) is 1.95. The molecule has 20 heavy (non-hydrogen) atoms. The molecular weight excluding hydrogens is 258 g/mol. The Morgan fingerprint density at radius 3 is 2.65 bits per heavy atom. The average molecular weight is 273 g/mol. The number of carbonyl (C=O) groups excluding carboxylic acids is 1. The maximum atomic E-state index is 11.8. The maximum absolute atomic E-state index is 11.8. The number of benzene rings is 1. The van der Waals surface area contributed by atoms with E-state index in [4.69, 9.17) is 0 Å². The number of nitro groups is 1. The van der Waals surface area contributed by atoms with E-state index in [1.165, 1.54) is 30.7 Å². The van der Waals surface area contributed by atoms with Crippen LogP contribution in [-0.4, -0.2) is 17.0 Å². The van der Waals surface area contributed by atoms with E-state index in [2.05, 4.69) is 16.6 Å². The van der Waals surface area contributed by atoms with Gasteiger partial charge in [0, 0.05) is 17.7 Å². The number of non-ortho nitro benzene ring substituents is 1. The molecule has 0 aliphatic heterocycles. The number of nitrogens with zero attached hydrogens (tertiary/aromatic N) is 2. The fourth-order valence-electron chi connectivity index (χ4n) is 1.95. The van der Waals surface area contributed by atoms with Crippen LogP contribution in [0, 0.1) is 10.1 Å². The molecule has 0 bridgehead atoms. The van der Waals surface area contributed by atoms with Crippen LogP contribution in [0.5, 0.6) is 0 Å². The fraction of sp³-hybridized carbons (Fsp3) is 0.286. The molecular formula is C14H15N3O3. The van der Waals surface area contributed by atoms with Crippen molar-refractivity contribution < 1.29 is 9.72 Å². The molecule has 1 aromatic carbocycles. The van der Waals surface area contributed by atoms with Crippen LogP contribution < -0.4 is 5.43 Å². The number of nitrogens with one attached hydrogen (secondary N) is 1. The summed E-state index contributed by atoms with van der Waals surface area (Å²) in [6, 6.07) is 5.40. The molecule has 0 aromatic heterocycles. The largest absolute Gasteiger partial charge is 0.271 e. The van der Waals surface area contributed by atoms with Crippen LogP contribution in [0.3, 0.4) is 0 Å².